The van der Waals surface area contributed by atoms with Gasteiger partial charge in [0.25, 0.3) is 0 Å². The van der Waals surface area contributed by atoms with Crippen molar-refractivity contribution < 1.29 is 23.1 Å². The Balaban J connectivity index is 2.93. The Morgan fingerprint density at radius 2 is 2.00 bits per heavy atom. The molecule has 1 atom stereocenters. The van der Waals surface area contributed by atoms with Crippen molar-refractivity contribution in [3.63, 3.8) is 0 Å². The van der Waals surface area contributed by atoms with Gasteiger partial charge < -0.3 is 15.7 Å². The minimum atomic E-state index is -4.64. The van der Waals surface area contributed by atoms with Crippen LogP contribution in [0.4, 0.5) is 13.2 Å². The molecule has 0 aliphatic rings. The van der Waals surface area contributed by atoms with E-state index in [1.165, 1.54) is 0 Å². The molecular weight excluding hydrogens is 285 g/mol. The van der Waals surface area contributed by atoms with E-state index in [1.807, 2.05) is 19.9 Å². The topological polar surface area (TPSA) is 67.8 Å². The number of oxime groups is 1. The van der Waals surface area contributed by atoms with Gasteiger partial charge in [0.15, 0.2) is 5.84 Å². The Kier molecular flexibility index (Phi) is 5.46. The lowest BCUT2D eigenvalue weighted by molar-refractivity contribution is -0.162. The minimum absolute atomic E-state index is 0.232. The number of ether oxygens (including phenoxy) is 1. The van der Waals surface area contributed by atoms with Gasteiger partial charge in [-0.15, -0.1) is 0 Å². The van der Waals surface area contributed by atoms with Crippen LogP contribution in [0, 0.1) is 12.8 Å². The van der Waals surface area contributed by atoms with Crippen LogP contribution in [0.5, 0.6) is 5.75 Å². The number of aryl methyl sites for hydroxylation is 1. The number of hydrogen-bond donors (Lipinski definition) is 2. The van der Waals surface area contributed by atoms with E-state index in [0.717, 1.165) is 11.1 Å². The summed E-state index contributed by atoms with van der Waals surface area (Å²) in [5.74, 6) is -2.47. The predicted molar refractivity (Wildman–Crippen MR) is 73.7 cm³/mol. The number of hydrogen-bond acceptors (Lipinski definition) is 3. The average molecular weight is 304 g/mol. The molecule has 0 aliphatic heterocycles. The molecule has 0 aromatic heterocycles. The van der Waals surface area contributed by atoms with Gasteiger partial charge in [0, 0.05) is 0 Å². The molecule has 0 saturated heterocycles. The fourth-order valence-electron chi connectivity index (χ4n) is 1.72. The van der Waals surface area contributed by atoms with Gasteiger partial charge in [0.1, 0.15) is 18.3 Å². The standard InChI is InChI=1S/C14H19F3N2O2/c1-8(2)10-5-4-9(3)12(6-10)21-7-11(13(18)19-20)14(15,16)17/h4-6,8,11,20H,7H2,1-3H3,(H2,18,19). The molecule has 7 heteroatoms. The van der Waals surface area contributed by atoms with E-state index in [2.05, 4.69) is 5.16 Å². The summed E-state index contributed by atoms with van der Waals surface area (Å²) < 4.78 is 43.7. The largest absolute Gasteiger partial charge is 0.492 e. The average Bonchev–Trinajstić information content (AvgIpc) is 2.38. The normalized spacial score (nSPS) is 14.3. The van der Waals surface area contributed by atoms with Crippen LogP contribution < -0.4 is 10.5 Å². The molecule has 0 heterocycles. The van der Waals surface area contributed by atoms with E-state index in [9.17, 15) is 13.2 Å². The first-order valence-corrected chi connectivity index (χ1v) is 6.44. The number of amidine groups is 1. The Bertz CT molecular complexity index is 513. The van der Waals surface area contributed by atoms with Crippen molar-refractivity contribution in [2.24, 2.45) is 16.8 Å². The maximum absolute atomic E-state index is 12.8. The first-order chi connectivity index (χ1) is 9.66. The number of nitrogens with zero attached hydrogens (tertiary/aromatic N) is 1. The van der Waals surface area contributed by atoms with Gasteiger partial charge in [-0.1, -0.05) is 31.1 Å². The minimum Gasteiger partial charge on any atom is -0.492 e. The van der Waals surface area contributed by atoms with Crippen LogP contribution in [0.25, 0.3) is 0 Å². The maximum atomic E-state index is 12.8. The molecule has 1 unspecified atom stereocenters. The van der Waals surface area contributed by atoms with Gasteiger partial charge in [0.05, 0.1) is 0 Å². The number of benzene rings is 1. The molecular formula is C14H19F3N2O2. The van der Waals surface area contributed by atoms with E-state index in [0.29, 0.717) is 5.75 Å². The van der Waals surface area contributed by atoms with Crippen LogP contribution >= 0.6 is 0 Å². The molecule has 3 N–H and O–H groups in total. The van der Waals surface area contributed by atoms with Crippen LogP contribution in [0.1, 0.15) is 30.9 Å². The highest BCUT2D eigenvalue weighted by Gasteiger charge is 2.43. The molecule has 1 rings (SSSR count). The quantitative estimate of drug-likeness (QED) is 0.379. The van der Waals surface area contributed by atoms with Gasteiger partial charge in [0.2, 0.25) is 0 Å². The van der Waals surface area contributed by atoms with Crippen molar-refractivity contribution in [3.8, 4) is 5.75 Å². The molecule has 118 valence electrons. The second-order valence-electron chi connectivity index (χ2n) is 5.11. The van der Waals surface area contributed by atoms with Crippen LogP contribution in [0.15, 0.2) is 23.4 Å². The zero-order valence-electron chi connectivity index (χ0n) is 12.1. The summed E-state index contributed by atoms with van der Waals surface area (Å²) in [6.07, 6.45) is -4.64. The van der Waals surface area contributed by atoms with Gasteiger partial charge >= 0.3 is 6.18 Å². The monoisotopic (exact) mass is 304 g/mol. The van der Waals surface area contributed by atoms with Crippen LogP contribution in [0.3, 0.4) is 0 Å². The molecule has 0 bridgehead atoms. The summed E-state index contributed by atoms with van der Waals surface area (Å²) in [5, 5.41) is 10.9. The third-order valence-corrected chi connectivity index (χ3v) is 3.15. The van der Waals surface area contributed by atoms with Crippen molar-refractivity contribution in [3.05, 3.63) is 29.3 Å². The second-order valence-corrected chi connectivity index (χ2v) is 5.11. The van der Waals surface area contributed by atoms with E-state index in [-0.39, 0.29) is 5.92 Å². The summed E-state index contributed by atoms with van der Waals surface area (Å²) in [6, 6.07) is 5.40. The smallest absolute Gasteiger partial charge is 0.402 e. The van der Waals surface area contributed by atoms with E-state index >= 15 is 0 Å². The van der Waals surface area contributed by atoms with E-state index in [1.54, 1.807) is 19.1 Å². The highest BCUT2D eigenvalue weighted by atomic mass is 19.4. The van der Waals surface area contributed by atoms with Crippen molar-refractivity contribution in [1.29, 1.82) is 0 Å². The van der Waals surface area contributed by atoms with Gasteiger partial charge in [-0.3, -0.25) is 0 Å². The molecule has 0 spiro atoms. The molecule has 21 heavy (non-hydrogen) atoms. The Morgan fingerprint density at radius 1 is 1.38 bits per heavy atom. The Morgan fingerprint density at radius 3 is 2.48 bits per heavy atom. The Hall–Kier alpha value is -1.92. The molecule has 0 aliphatic carbocycles. The molecule has 0 saturated carbocycles. The zero-order valence-corrected chi connectivity index (χ0v) is 12.1. The first-order valence-electron chi connectivity index (χ1n) is 6.44. The van der Waals surface area contributed by atoms with Crippen molar-refractivity contribution in [2.45, 2.75) is 32.9 Å². The molecule has 0 radical (unpaired) electrons. The number of alkyl halides is 3. The van der Waals surface area contributed by atoms with E-state index in [4.69, 9.17) is 15.7 Å². The maximum Gasteiger partial charge on any atom is 0.402 e. The summed E-state index contributed by atoms with van der Waals surface area (Å²) in [5.41, 5.74) is 6.77. The summed E-state index contributed by atoms with van der Waals surface area (Å²) in [7, 11) is 0. The molecule has 1 aromatic carbocycles. The second kappa shape index (κ2) is 6.69. The number of nitrogens with two attached hydrogens (primary N) is 1. The SMILES string of the molecule is Cc1ccc(C(C)C)cc1OCC(/C(N)=N/O)C(F)(F)F. The Labute approximate surface area is 121 Å². The van der Waals surface area contributed by atoms with Crippen LogP contribution in [-0.4, -0.2) is 23.8 Å². The van der Waals surface area contributed by atoms with Crippen LogP contribution in [-0.2, 0) is 0 Å². The van der Waals surface area contributed by atoms with Gasteiger partial charge in [-0.25, -0.2) is 0 Å². The number of rotatable bonds is 5. The van der Waals surface area contributed by atoms with Crippen molar-refractivity contribution in [1.82, 2.24) is 0 Å². The van der Waals surface area contributed by atoms with Crippen LogP contribution in [0.2, 0.25) is 0 Å². The fourth-order valence-corrected chi connectivity index (χ4v) is 1.72. The highest BCUT2D eigenvalue weighted by molar-refractivity contribution is 5.83. The number of halogens is 3. The molecule has 0 amide bonds. The molecule has 0 fully saturated rings. The van der Waals surface area contributed by atoms with Gasteiger partial charge in [-0.2, -0.15) is 13.2 Å². The summed E-state index contributed by atoms with van der Waals surface area (Å²) >= 11 is 0. The van der Waals surface area contributed by atoms with E-state index < -0.39 is 24.5 Å². The molecule has 4 nitrogen and oxygen atoms in total. The zero-order chi connectivity index (χ0) is 16.2. The first kappa shape index (κ1) is 17.1. The summed E-state index contributed by atoms with van der Waals surface area (Å²) in [6.45, 7) is 4.96. The van der Waals surface area contributed by atoms with Crippen molar-refractivity contribution >= 4 is 5.84 Å². The van der Waals surface area contributed by atoms with Gasteiger partial charge in [-0.05, 0) is 30.0 Å². The molecule has 1 aromatic rings. The summed E-state index contributed by atoms with van der Waals surface area (Å²) in [4.78, 5) is 0. The lowest BCUT2D eigenvalue weighted by Crippen LogP contribution is -2.40. The predicted octanol–water partition coefficient (Wildman–Crippen LogP) is 3.42. The highest BCUT2D eigenvalue weighted by Crippen LogP contribution is 2.29. The third-order valence-electron chi connectivity index (χ3n) is 3.15. The fraction of sp³-hybridized carbons (Fsp3) is 0.500. The lowest BCUT2D eigenvalue weighted by Gasteiger charge is -2.20. The lowest BCUT2D eigenvalue weighted by atomic mass is 10.0. The third kappa shape index (κ3) is 4.54. The van der Waals surface area contributed by atoms with Crippen molar-refractivity contribution in [2.75, 3.05) is 6.61 Å².